The summed E-state index contributed by atoms with van der Waals surface area (Å²) in [7, 11) is 0. The highest BCUT2D eigenvalue weighted by Crippen LogP contribution is 2.17. The number of hydrogen-bond acceptors (Lipinski definition) is 3. The van der Waals surface area contributed by atoms with Crippen LogP contribution in [-0.4, -0.2) is 40.6 Å². The van der Waals surface area contributed by atoms with E-state index in [9.17, 15) is 0 Å². The molecule has 2 rings (SSSR count). The van der Waals surface area contributed by atoms with Crippen LogP contribution in [0, 0.1) is 5.92 Å². The van der Waals surface area contributed by atoms with Crippen LogP contribution in [-0.2, 0) is 6.54 Å². The Bertz CT molecular complexity index is 353. The van der Waals surface area contributed by atoms with Gasteiger partial charge in [-0.15, -0.1) is 0 Å². The van der Waals surface area contributed by atoms with Crippen molar-refractivity contribution in [2.75, 3.05) is 31.5 Å². The molecule has 4 heteroatoms. The number of piperidine rings is 1. The molecule has 0 spiro atoms. The van der Waals surface area contributed by atoms with Crippen LogP contribution < -0.4 is 5.32 Å². The fourth-order valence-corrected chi connectivity index (χ4v) is 2.73. The van der Waals surface area contributed by atoms with Crippen molar-refractivity contribution in [2.24, 2.45) is 5.92 Å². The predicted molar refractivity (Wildman–Crippen MR) is 80.5 cm³/mol. The number of likely N-dealkylation sites (tertiary alicyclic amines) is 1. The Morgan fingerprint density at radius 3 is 2.79 bits per heavy atom. The summed E-state index contributed by atoms with van der Waals surface area (Å²) in [5.41, 5.74) is 0. The van der Waals surface area contributed by atoms with Crippen molar-refractivity contribution in [2.45, 2.75) is 46.1 Å². The molecule has 1 aliphatic heterocycles. The molecule has 1 saturated heterocycles. The first-order valence-electron chi connectivity index (χ1n) is 7.80. The smallest absolute Gasteiger partial charge is 0.202 e. The van der Waals surface area contributed by atoms with Crippen LogP contribution in [0.4, 0.5) is 5.95 Å². The van der Waals surface area contributed by atoms with Gasteiger partial charge in [0.15, 0.2) is 0 Å². The van der Waals surface area contributed by atoms with Gasteiger partial charge >= 0.3 is 0 Å². The maximum atomic E-state index is 4.43. The largest absolute Gasteiger partial charge is 0.355 e. The van der Waals surface area contributed by atoms with Gasteiger partial charge in [-0.05, 0) is 44.8 Å². The Kier molecular flexibility index (Phi) is 5.70. The van der Waals surface area contributed by atoms with Gasteiger partial charge in [0, 0.05) is 25.5 Å². The average molecular weight is 264 g/mol. The molecule has 0 aromatic carbocycles. The molecular weight excluding hydrogens is 236 g/mol. The SMILES string of the molecule is CCCCn1ccnc1NCC1CCN(CC)CC1. The molecule has 1 fully saturated rings. The van der Waals surface area contributed by atoms with Crippen molar-refractivity contribution in [3.8, 4) is 0 Å². The average Bonchev–Trinajstić information content (AvgIpc) is 2.91. The molecule has 0 bridgehead atoms. The Labute approximate surface area is 117 Å². The Balaban J connectivity index is 1.75. The van der Waals surface area contributed by atoms with Gasteiger partial charge < -0.3 is 14.8 Å². The first-order chi connectivity index (χ1) is 9.33. The highest BCUT2D eigenvalue weighted by atomic mass is 15.2. The minimum atomic E-state index is 0.805. The maximum absolute atomic E-state index is 4.43. The van der Waals surface area contributed by atoms with Crippen LogP contribution in [0.5, 0.6) is 0 Å². The van der Waals surface area contributed by atoms with E-state index >= 15 is 0 Å². The topological polar surface area (TPSA) is 33.1 Å². The molecule has 0 unspecified atom stereocenters. The number of rotatable bonds is 7. The second kappa shape index (κ2) is 7.53. The summed E-state index contributed by atoms with van der Waals surface area (Å²) >= 11 is 0. The van der Waals surface area contributed by atoms with E-state index in [1.165, 1.54) is 45.3 Å². The van der Waals surface area contributed by atoms with Gasteiger partial charge in [-0.2, -0.15) is 0 Å². The van der Waals surface area contributed by atoms with Crippen molar-refractivity contribution in [1.82, 2.24) is 14.5 Å². The summed E-state index contributed by atoms with van der Waals surface area (Å²) < 4.78 is 2.24. The molecule has 0 radical (unpaired) electrons. The molecule has 0 saturated carbocycles. The Morgan fingerprint density at radius 2 is 2.11 bits per heavy atom. The van der Waals surface area contributed by atoms with E-state index in [0.29, 0.717) is 0 Å². The van der Waals surface area contributed by atoms with Crippen LogP contribution in [0.25, 0.3) is 0 Å². The van der Waals surface area contributed by atoms with E-state index in [1.54, 1.807) is 0 Å². The molecule has 0 amide bonds. The zero-order chi connectivity index (χ0) is 13.5. The van der Waals surface area contributed by atoms with Crippen molar-refractivity contribution >= 4 is 5.95 Å². The summed E-state index contributed by atoms with van der Waals surface area (Å²) in [5.74, 6) is 1.85. The van der Waals surface area contributed by atoms with Gasteiger partial charge in [-0.25, -0.2) is 4.98 Å². The predicted octanol–water partition coefficient (Wildman–Crippen LogP) is 2.83. The normalized spacial score (nSPS) is 17.8. The molecular formula is C15H28N4. The van der Waals surface area contributed by atoms with Crippen LogP contribution in [0.1, 0.15) is 39.5 Å². The van der Waals surface area contributed by atoms with Crippen LogP contribution in [0.3, 0.4) is 0 Å². The number of nitrogens with one attached hydrogen (secondary N) is 1. The number of aromatic nitrogens is 2. The quantitative estimate of drug-likeness (QED) is 0.822. The highest BCUT2D eigenvalue weighted by Gasteiger charge is 2.18. The molecule has 1 aromatic rings. The number of hydrogen-bond donors (Lipinski definition) is 1. The molecule has 0 aliphatic carbocycles. The second-order valence-corrected chi connectivity index (χ2v) is 5.56. The lowest BCUT2D eigenvalue weighted by molar-refractivity contribution is 0.198. The summed E-state index contributed by atoms with van der Waals surface area (Å²) in [5, 5.41) is 3.54. The number of imidazole rings is 1. The van der Waals surface area contributed by atoms with Crippen LogP contribution >= 0.6 is 0 Å². The van der Waals surface area contributed by atoms with Crippen molar-refractivity contribution in [1.29, 1.82) is 0 Å². The molecule has 108 valence electrons. The summed E-state index contributed by atoms with van der Waals surface area (Å²) in [6.45, 7) is 10.3. The third-order valence-corrected chi connectivity index (χ3v) is 4.17. The van der Waals surface area contributed by atoms with E-state index in [0.717, 1.165) is 25.0 Å². The van der Waals surface area contributed by atoms with E-state index in [2.05, 4.69) is 39.8 Å². The molecule has 2 heterocycles. The van der Waals surface area contributed by atoms with Crippen molar-refractivity contribution < 1.29 is 0 Å². The fourth-order valence-electron chi connectivity index (χ4n) is 2.73. The molecule has 4 nitrogen and oxygen atoms in total. The molecule has 19 heavy (non-hydrogen) atoms. The van der Waals surface area contributed by atoms with E-state index in [1.807, 2.05) is 6.20 Å². The maximum Gasteiger partial charge on any atom is 0.202 e. The van der Waals surface area contributed by atoms with E-state index in [-0.39, 0.29) is 0 Å². The minimum absolute atomic E-state index is 0.805. The van der Waals surface area contributed by atoms with Crippen LogP contribution in [0.2, 0.25) is 0 Å². The van der Waals surface area contributed by atoms with Crippen molar-refractivity contribution in [3.05, 3.63) is 12.4 Å². The Morgan fingerprint density at radius 1 is 1.32 bits per heavy atom. The molecule has 0 atom stereocenters. The van der Waals surface area contributed by atoms with Gasteiger partial charge in [-0.1, -0.05) is 20.3 Å². The minimum Gasteiger partial charge on any atom is -0.355 e. The number of anilines is 1. The zero-order valence-electron chi connectivity index (χ0n) is 12.4. The third-order valence-electron chi connectivity index (χ3n) is 4.17. The second-order valence-electron chi connectivity index (χ2n) is 5.56. The standard InChI is InChI=1S/C15H28N4/c1-3-5-9-19-12-8-16-15(19)17-13-14-6-10-18(4-2)11-7-14/h8,12,14H,3-7,9-11,13H2,1-2H3,(H,16,17). The zero-order valence-corrected chi connectivity index (χ0v) is 12.4. The third kappa shape index (κ3) is 4.23. The lowest BCUT2D eigenvalue weighted by Gasteiger charge is -2.31. The molecule has 1 N–H and O–H groups in total. The molecule has 1 aliphatic rings. The number of nitrogens with zero attached hydrogens (tertiary/aromatic N) is 3. The van der Waals surface area contributed by atoms with Crippen LogP contribution in [0.15, 0.2) is 12.4 Å². The first-order valence-corrected chi connectivity index (χ1v) is 7.80. The van der Waals surface area contributed by atoms with Gasteiger partial charge in [-0.3, -0.25) is 0 Å². The number of unbranched alkanes of at least 4 members (excludes halogenated alkanes) is 1. The van der Waals surface area contributed by atoms with Crippen molar-refractivity contribution in [3.63, 3.8) is 0 Å². The van der Waals surface area contributed by atoms with E-state index < -0.39 is 0 Å². The lowest BCUT2D eigenvalue weighted by atomic mass is 9.97. The summed E-state index contributed by atoms with van der Waals surface area (Å²) in [6, 6.07) is 0. The highest BCUT2D eigenvalue weighted by molar-refractivity contribution is 5.25. The molecule has 1 aromatic heterocycles. The first kappa shape index (κ1) is 14.4. The summed E-state index contributed by atoms with van der Waals surface area (Å²) in [6.07, 6.45) is 9.06. The van der Waals surface area contributed by atoms with Gasteiger partial charge in [0.1, 0.15) is 0 Å². The van der Waals surface area contributed by atoms with Gasteiger partial charge in [0.05, 0.1) is 0 Å². The Hall–Kier alpha value is -1.03. The fraction of sp³-hybridized carbons (Fsp3) is 0.800. The van der Waals surface area contributed by atoms with Gasteiger partial charge in [0.25, 0.3) is 0 Å². The lowest BCUT2D eigenvalue weighted by Crippen LogP contribution is -2.35. The summed E-state index contributed by atoms with van der Waals surface area (Å²) in [4.78, 5) is 6.97. The monoisotopic (exact) mass is 264 g/mol. The van der Waals surface area contributed by atoms with E-state index in [4.69, 9.17) is 0 Å². The number of aryl methyl sites for hydroxylation is 1. The van der Waals surface area contributed by atoms with Gasteiger partial charge in [0.2, 0.25) is 5.95 Å².